The highest BCUT2D eigenvalue weighted by molar-refractivity contribution is 5.30. The van der Waals surface area contributed by atoms with Gasteiger partial charge in [-0.25, -0.2) is 8.78 Å². The van der Waals surface area contributed by atoms with Gasteiger partial charge in [-0.15, -0.1) is 0 Å². The molecule has 2 aromatic carbocycles. The van der Waals surface area contributed by atoms with E-state index < -0.39 is 17.7 Å². The standard InChI is InChI=1S/C17H18F2O2/c1-11(2)21-15-7-4-12(5-8-15)17(20)9-13-3-6-14(18)10-16(13)19/h3-8,10-11,17,20H,9H2,1-2H3. The largest absolute Gasteiger partial charge is 0.491 e. The van der Waals surface area contributed by atoms with E-state index in [1.807, 2.05) is 13.8 Å². The summed E-state index contributed by atoms with van der Waals surface area (Å²) in [7, 11) is 0. The van der Waals surface area contributed by atoms with E-state index in [4.69, 9.17) is 4.74 Å². The summed E-state index contributed by atoms with van der Waals surface area (Å²) in [6.07, 6.45) is -0.677. The van der Waals surface area contributed by atoms with Crippen LogP contribution in [0.5, 0.6) is 5.75 Å². The highest BCUT2D eigenvalue weighted by atomic mass is 19.1. The molecule has 0 saturated heterocycles. The Labute approximate surface area is 123 Å². The van der Waals surface area contributed by atoms with Crippen LogP contribution in [0.4, 0.5) is 8.78 Å². The maximum Gasteiger partial charge on any atom is 0.129 e. The van der Waals surface area contributed by atoms with E-state index in [1.165, 1.54) is 12.1 Å². The van der Waals surface area contributed by atoms with Gasteiger partial charge >= 0.3 is 0 Å². The summed E-state index contributed by atoms with van der Waals surface area (Å²) in [6, 6.07) is 10.4. The summed E-state index contributed by atoms with van der Waals surface area (Å²) in [5.41, 5.74) is 0.946. The van der Waals surface area contributed by atoms with E-state index in [-0.39, 0.29) is 18.1 Å². The molecular formula is C17H18F2O2. The van der Waals surface area contributed by atoms with Gasteiger partial charge in [-0.3, -0.25) is 0 Å². The van der Waals surface area contributed by atoms with Crippen LogP contribution in [-0.4, -0.2) is 11.2 Å². The van der Waals surface area contributed by atoms with Gasteiger partial charge in [-0.2, -0.15) is 0 Å². The molecule has 2 nitrogen and oxygen atoms in total. The monoisotopic (exact) mass is 292 g/mol. The van der Waals surface area contributed by atoms with E-state index in [0.717, 1.165) is 6.07 Å². The van der Waals surface area contributed by atoms with Gasteiger partial charge in [0.2, 0.25) is 0 Å². The number of halogens is 2. The van der Waals surface area contributed by atoms with Gasteiger partial charge in [-0.1, -0.05) is 18.2 Å². The second-order valence-electron chi connectivity index (χ2n) is 5.19. The van der Waals surface area contributed by atoms with Crippen molar-refractivity contribution in [3.63, 3.8) is 0 Å². The van der Waals surface area contributed by atoms with Crippen LogP contribution in [0.25, 0.3) is 0 Å². The minimum atomic E-state index is -0.849. The van der Waals surface area contributed by atoms with E-state index >= 15 is 0 Å². The fraction of sp³-hybridized carbons (Fsp3) is 0.294. The number of hydrogen-bond donors (Lipinski definition) is 1. The zero-order valence-electron chi connectivity index (χ0n) is 12.0. The molecule has 2 rings (SSSR count). The number of ether oxygens (including phenoxy) is 1. The molecule has 1 N–H and O–H groups in total. The highest BCUT2D eigenvalue weighted by Gasteiger charge is 2.12. The first-order valence-electron chi connectivity index (χ1n) is 6.84. The quantitative estimate of drug-likeness (QED) is 0.901. The van der Waals surface area contributed by atoms with Gasteiger partial charge in [0.25, 0.3) is 0 Å². The second kappa shape index (κ2) is 6.68. The predicted molar refractivity (Wildman–Crippen MR) is 77.2 cm³/mol. The molecule has 0 saturated carbocycles. The first-order chi connectivity index (χ1) is 9.95. The maximum absolute atomic E-state index is 13.6. The van der Waals surface area contributed by atoms with Gasteiger partial charge in [-0.05, 0) is 43.2 Å². The molecule has 0 bridgehead atoms. The van der Waals surface area contributed by atoms with Gasteiger partial charge < -0.3 is 9.84 Å². The van der Waals surface area contributed by atoms with Crippen molar-refractivity contribution < 1.29 is 18.6 Å². The molecular weight excluding hydrogens is 274 g/mol. The lowest BCUT2D eigenvalue weighted by molar-refractivity contribution is 0.177. The fourth-order valence-corrected chi connectivity index (χ4v) is 2.05. The normalized spacial score (nSPS) is 12.5. The van der Waals surface area contributed by atoms with Crippen molar-refractivity contribution in [2.24, 2.45) is 0 Å². The van der Waals surface area contributed by atoms with Crippen LogP contribution in [0.1, 0.15) is 31.1 Å². The first-order valence-corrected chi connectivity index (χ1v) is 6.84. The molecule has 1 atom stereocenters. The summed E-state index contributed by atoms with van der Waals surface area (Å²) < 4.78 is 31.9. The SMILES string of the molecule is CC(C)Oc1ccc(C(O)Cc2ccc(F)cc2F)cc1. The molecule has 0 aliphatic rings. The number of aliphatic hydroxyl groups excluding tert-OH is 1. The third-order valence-corrected chi connectivity index (χ3v) is 3.07. The van der Waals surface area contributed by atoms with Gasteiger partial charge in [0.05, 0.1) is 12.2 Å². The second-order valence-corrected chi connectivity index (χ2v) is 5.19. The zero-order chi connectivity index (χ0) is 15.4. The lowest BCUT2D eigenvalue weighted by Gasteiger charge is -2.14. The third kappa shape index (κ3) is 4.26. The van der Waals surface area contributed by atoms with Crippen molar-refractivity contribution in [2.75, 3.05) is 0 Å². The minimum absolute atomic E-state index is 0.0779. The van der Waals surface area contributed by atoms with E-state index in [9.17, 15) is 13.9 Å². The molecule has 0 spiro atoms. The molecule has 2 aromatic rings. The van der Waals surface area contributed by atoms with Crippen molar-refractivity contribution >= 4 is 0 Å². The molecule has 21 heavy (non-hydrogen) atoms. The molecule has 0 heterocycles. The summed E-state index contributed by atoms with van der Waals surface area (Å²) in [4.78, 5) is 0. The lowest BCUT2D eigenvalue weighted by atomic mass is 10.0. The highest BCUT2D eigenvalue weighted by Crippen LogP contribution is 2.23. The summed E-state index contributed by atoms with van der Waals surface area (Å²) >= 11 is 0. The van der Waals surface area contributed by atoms with Crippen LogP contribution in [-0.2, 0) is 6.42 Å². The molecule has 0 aliphatic heterocycles. The average Bonchev–Trinajstić information content (AvgIpc) is 2.42. The maximum atomic E-state index is 13.6. The van der Waals surface area contributed by atoms with Crippen LogP contribution in [0.2, 0.25) is 0 Å². The molecule has 0 aromatic heterocycles. The number of benzene rings is 2. The summed E-state index contributed by atoms with van der Waals surface area (Å²) in [5, 5.41) is 10.1. The van der Waals surface area contributed by atoms with Crippen LogP contribution < -0.4 is 4.74 Å². The predicted octanol–water partition coefficient (Wildman–Crippen LogP) is 4.03. The Morgan fingerprint density at radius 3 is 2.29 bits per heavy atom. The zero-order valence-corrected chi connectivity index (χ0v) is 12.0. The Bertz CT molecular complexity index is 594. The third-order valence-electron chi connectivity index (χ3n) is 3.07. The van der Waals surface area contributed by atoms with Crippen molar-refractivity contribution in [1.29, 1.82) is 0 Å². The number of rotatable bonds is 5. The van der Waals surface area contributed by atoms with Crippen LogP contribution >= 0.6 is 0 Å². The molecule has 4 heteroatoms. The van der Waals surface area contributed by atoms with Gasteiger partial charge in [0.15, 0.2) is 0 Å². The topological polar surface area (TPSA) is 29.5 Å². The van der Waals surface area contributed by atoms with Crippen molar-refractivity contribution in [3.05, 3.63) is 65.2 Å². The van der Waals surface area contributed by atoms with E-state index in [1.54, 1.807) is 24.3 Å². The first kappa shape index (κ1) is 15.4. The Kier molecular flexibility index (Phi) is 4.91. The molecule has 1 unspecified atom stereocenters. The molecule has 0 aliphatic carbocycles. The van der Waals surface area contributed by atoms with Crippen molar-refractivity contribution in [1.82, 2.24) is 0 Å². The van der Waals surface area contributed by atoms with Crippen LogP contribution in [0, 0.1) is 11.6 Å². The molecule has 0 amide bonds. The Balaban J connectivity index is 2.07. The summed E-state index contributed by atoms with van der Waals surface area (Å²) in [6.45, 7) is 3.86. The van der Waals surface area contributed by atoms with Crippen LogP contribution in [0.15, 0.2) is 42.5 Å². The summed E-state index contributed by atoms with van der Waals surface area (Å²) in [5.74, 6) is -0.552. The van der Waals surface area contributed by atoms with Crippen molar-refractivity contribution in [3.8, 4) is 5.75 Å². The molecule has 0 fully saturated rings. The number of aliphatic hydroxyl groups is 1. The fourth-order valence-electron chi connectivity index (χ4n) is 2.05. The minimum Gasteiger partial charge on any atom is -0.491 e. The van der Waals surface area contributed by atoms with E-state index in [0.29, 0.717) is 11.3 Å². The van der Waals surface area contributed by atoms with Gasteiger partial charge in [0.1, 0.15) is 17.4 Å². The lowest BCUT2D eigenvalue weighted by Crippen LogP contribution is -2.06. The smallest absolute Gasteiger partial charge is 0.129 e. The number of hydrogen-bond acceptors (Lipinski definition) is 2. The Hall–Kier alpha value is -1.94. The Morgan fingerprint density at radius 1 is 1.05 bits per heavy atom. The molecule has 0 radical (unpaired) electrons. The molecule has 112 valence electrons. The van der Waals surface area contributed by atoms with Crippen molar-refractivity contribution in [2.45, 2.75) is 32.5 Å². The Morgan fingerprint density at radius 2 is 1.71 bits per heavy atom. The average molecular weight is 292 g/mol. The van der Waals surface area contributed by atoms with E-state index in [2.05, 4.69) is 0 Å². The van der Waals surface area contributed by atoms with Crippen LogP contribution in [0.3, 0.4) is 0 Å². The van der Waals surface area contributed by atoms with Gasteiger partial charge in [0, 0.05) is 12.5 Å².